The highest BCUT2D eigenvalue weighted by molar-refractivity contribution is 5.73. The third-order valence-corrected chi connectivity index (χ3v) is 2.34. The molecule has 1 heterocycles. The summed E-state index contributed by atoms with van der Waals surface area (Å²) >= 11 is 0. The lowest BCUT2D eigenvalue weighted by Gasteiger charge is -2.28. The Kier molecular flexibility index (Phi) is 3.45. The number of nitrogens with two attached hydrogens (primary N) is 1. The third kappa shape index (κ3) is 3.16. The molecule has 0 aromatic carbocycles. The number of aliphatic carboxylic acids is 1. The van der Waals surface area contributed by atoms with Crippen LogP contribution in [0.25, 0.3) is 0 Å². The van der Waals surface area contributed by atoms with Crippen molar-refractivity contribution in [1.82, 2.24) is 4.90 Å². The van der Waals surface area contributed by atoms with Gasteiger partial charge in [0.25, 0.3) is 0 Å². The average molecular weight is 184 g/mol. The Morgan fingerprint density at radius 1 is 1.62 bits per heavy atom. The van der Waals surface area contributed by atoms with E-state index in [4.69, 9.17) is 10.8 Å². The van der Waals surface area contributed by atoms with Gasteiger partial charge in [-0.3, -0.25) is 4.79 Å². The summed E-state index contributed by atoms with van der Waals surface area (Å²) in [6.45, 7) is 6.11. The first-order valence-corrected chi connectivity index (χ1v) is 4.47. The van der Waals surface area contributed by atoms with E-state index in [1.165, 1.54) is 5.57 Å². The van der Waals surface area contributed by atoms with Crippen molar-refractivity contribution in [1.29, 1.82) is 0 Å². The predicted molar refractivity (Wildman–Crippen MR) is 50.4 cm³/mol. The van der Waals surface area contributed by atoms with E-state index in [2.05, 4.69) is 11.5 Å². The van der Waals surface area contributed by atoms with E-state index in [1.54, 1.807) is 0 Å². The van der Waals surface area contributed by atoms with Gasteiger partial charge in [0.15, 0.2) is 0 Å². The second-order valence-corrected chi connectivity index (χ2v) is 3.50. The van der Waals surface area contributed by atoms with Crippen LogP contribution in [0.2, 0.25) is 0 Å². The van der Waals surface area contributed by atoms with Crippen LogP contribution < -0.4 is 5.73 Å². The van der Waals surface area contributed by atoms with Crippen LogP contribution >= 0.6 is 0 Å². The van der Waals surface area contributed by atoms with Crippen molar-refractivity contribution in [2.75, 3.05) is 19.6 Å². The molecular formula is C9H16N2O2. The first kappa shape index (κ1) is 10.2. The Morgan fingerprint density at radius 3 is 2.62 bits per heavy atom. The van der Waals surface area contributed by atoms with Gasteiger partial charge < -0.3 is 15.7 Å². The summed E-state index contributed by atoms with van der Waals surface area (Å²) in [5, 5.41) is 8.60. The number of rotatable bonds is 3. The predicted octanol–water partition coefficient (Wildman–Crippen LogP) is 0.0503. The maximum atomic E-state index is 10.5. The van der Waals surface area contributed by atoms with E-state index in [9.17, 15) is 4.79 Å². The standard InChI is InChI=1S/C9H16N2O2/c1-7-2-4-11(5-3-7)6-8(10)9(12)13/h8H,1-6,10H2,(H,12,13). The average Bonchev–Trinajstić information content (AvgIpc) is 2.08. The molecule has 1 rings (SSSR count). The van der Waals surface area contributed by atoms with Gasteiger partial charge in [-0.2, -0.15) is 0 Å². The van der Waals surface area contributed by atoms with Crippen molar-refractivity contribution in [3.05, 3.63) is 12.2 Å². The molecule has 1 aliphatic rings. The molecule has 3 N–H and O–H groups in total. The first-order chi connectivity index (χ1) is 6.09. The highest BCUT2D eigenvalue weighted by Crippen LogP contribution is 2.13. The van der Waals surface area contributed by atoms with Crippen molar-refractivity contribution >= 4 is 5.97 Å². The Hall–Kier alpha value is -0.870. The molecule has 0 aliphatic carbocycles. The molecule has 0 amide bonds. The molecule has 1 unspecified atom stereocenters. The van der Waals surface area contributed by atoms with Gasteiger partial charge in [0.2, 0.25) is 0 Å². The lowest BCUT2D eigenvalue weighted by atomic mass is 10.1. The van der Waals surface area contributed by atoms with E-state index >= 15 is 0 Å². The van der Waals surface area contributed by atoms with Crippen LogP contribution in [0.15, 0.2) is 12.2 Å². The second kappa shape index (κ2) is 4.39. The lowest BCUT2D eigenvalue weighted by molar-refractivity contribution is -0.139. The van der Waals surface area contributed by atoms with Crippen molar-refractivity contribution in [2.45, 2.75) is 18.9 Å². The van der Waals surface area contributed by atoms with Gasteiger partial charge in [0.05, 0.1) is 0 Å². The van der Waals surface area contributed by atoms with Crippen LogP contribution in [0.3, 0.4) is 0 Å². The van der Waals surface area contributed by atoms with Crippen molar-refractivity contribution in [3.8, 4) is 0 Å². The van der Waals surface area contributed by atoms with E-state index < -0.39 is 12.0 Å². The van der Waals surface area contributed by atoms with Gasteiger partial charge in [0, 0.05) is 19.6 Å². The zero-order chi connectivity index (χ0) is 9.84. The smallest absolute Gasteiger partial charge is 0.321 e. The highest BCUT2D eigenvalue weighted by atomic mass is 16.4. The summed E-state index contributed by atoms with van der Waals surface area (Å²) in [6.07, 6.45) is 1.93. The minimum absolute atomic E-state index is 0.447. The monoisotopic (exact) mass is 184 g/mol. The minimum Gasteiger partial charge on any atom is -0.480 e. The molecule has 0 radical (unpaired) electrons. The molecule has 0 bridgehead atoms. The fraction of sp³-hybridized carbons (Fsp3) is 0.667. The number of hydrogen-bond acceptors (Lipinski definition) is 3. The van der Waals surface area contributed by atoms with E-state index in [-0.39, 0.29) is 0 Å². The molecule has 4 heteroatoms. The molecule has 74 valence electrons. The zero-order valence-electron chi connectivity index (χ0n) is 7.70. The van der Waals surface area contributed by atoms with E-state index in [0.29, 0.717) is 6.54 Å². The number of carbonyl (C=O) groups is 1. The lowest BCUT2D eigenvalue weighted by Crippen LogP contribution is -2.44. The van der Waals surface area contributed by atoms with Crippen LogP contribution in [0, 0.1) is 0 Å². The Balaban J connectivity index is 2.30. The van der Waals surface area contributed by atoms with Gasteiger partial charge in [-0.05, 0) is 12.8 Å². The van der Waals surface area contributed by atoms with Crippen LogP contribution in [0.5, 0.6) is 0 Å². The number of carboxylic acids is 1. The molecule has 0 aromatic rings. The summed E-state index contributed by atoms with van der Waals surface area (Å²) in [4.78, 5) is 12.5. The van der Waals surface area contributed by atoms with Crippen LogP contribution in [-0.2, 0) is 4.79 Å². The minimum atomic E-state index is -0.926. The first-order valence-electron chi connectivity index (χ1n) is 4.47. The summed E-state index contributed by atoms with van der Waals surface area (Å²) in [5.74, 6) is -0.926. The highest BCUT2D eigenvalue weighted by Gasteiger charge is 2.18. The molecule has 0 aromatic heterocycles. The summed E-state index contributed by atoms with van der Waals surface area (Å²) in [6, 6.07) is -0.758. The quantitative estimate of drug-likeness (QED) is 0.608. The largest absolute Gasteiger partial charge is 0.480 e. The maximum Gasteiger partial charge on any atom is 0.321 e. The molecular weight excluding hydrogens is 168 g/mol. The second-order valence-electron chi connectivity index (χ2n) is 3.50. The van der Waals surface area contributed by atoms with E-state index in [1.807, 2.05) is 0 Å². The SMILES string of the molecule is C=C1CCN(CC(N)C(=O)O)CC1. The Morgan fingerprint density at radius 2 is 2.15 bits per heavy atom. The molecule has 1 aliphatic heterocycles. The van der Waals surface area contributed by atoms with Crippen molar-refractivity contribution in [2.24, 2.45) is 5.73 Å². The maximum absolute atomic E-state index is 10.5. The Labute approximate surface area is 78.0 Å². The number of piperidine rings is 1. The fourth-order valence-corrected chi connectivity index (χ4v) is 1.41. The number of likely N-dealkylation sites (tertiary alicyclic amines) is 1. The summed E-state index contributed by atoms with van der Waals surface area (Å²) in [7, 11) is 0. The van der Waals surface area contributed by atoms with E-state index in [0.717, 1.165) is 25.9 Å². The van der Waals surface area contributed by atoms with Crippen molar-refractivity contribution < 1.29 is 9.90 Å². The van der Waals surface area contributed by atoms with Gasteiger partial charge in [-0.1, -0.05) is 12.2 Å². The molecule has 4 nitrogen and oxygen atoms in total. The number of nitrogens with zero attached hydrogens (tertiary/aromatic N) is 1. The fourth-order valence-electron chi connectivity index (χ4n) is 1.41. The van der Waals surface area contributed by atoms with Gasteiger partial charge in [0.1, 0.15) is 6.04 Å². The Bertz CT molecular complexity index is 206. The van der Waals surface area contributed by atoms with Gasteiger partial charge in [-0.25, -0.2) is 0 Å². The van der Waals surface area contributed by atoms with Crippen LogP contribution in [0.4, 0.5) is 0 Å². The van der Waals surface area contributed by atoms with Crippen LogP contribution in [-0.4, -0.2) is 41.7 Å². The number of hydrogen-bond donors (Lipinski definition) is 2. The topological polar surface area (TPSA) is 66.6 Å². The molecule has 0 saturated carbocycles. The normalized spacial score (nSPS) is 21.5. The van der Waals surface area contributed by atoms with Crippen LogP contribution in [0.1, 0.15) is 12.8 Å². The summed E-state index contributed by atoms with van der Waals surface area (Å²) < 4.78 is 0. The molecule has 13 heavy (non-hydrogen) atoms. The zero-order valence-corrected chi connectivity index (χ0v) is 7.70. The van der Waals surface area contributed by atoms with Gasteiger partial charge >= 0.3 is 5.97 Å². The van der Waals surface area contributed by atoms with Crippen molar-refractivity contribution in [3.63, 3.8) is 0 Å². The molecule has 0 spiro atoms. The number of carboxylic acid groups (broad SMARTS) is 1. The van der Waals surface area contributed by atoms with Gasteiger partial charge in [-0.15, -0.1) is 0 Å². The summed E-state index contributed by atoms with van der Waals surface area (Å²) in [5.41, 5.74) is 6.67. The third-order valence-electron chi connectivity index (χ3n) is 2.34. The molecule has 1 fully saturated rings. The molecule has 1 saturated heterocycles. The molecule has 1 atom stereocenters.